The molecule has 0 saturated carbocycles. The van der Waals surface area contributed by atoms with Crippen molar-refractivity contribution < 1.29 is 24.2 Å². The molecule has 0 bridgehead atoms. The van der Waals surface area contributed by atoms with Gasteiger partial charge in [-0.15, -0.1) is 11.3 Å². The van der Waals surface area contributed by atoms with Crippen LogP contribution in [-0.2, 0) is 27.4 Å². The van der Waals surface area contributed by atoms with Gasteiger partial charge in [0.2, 0.25) is 0 Å². The summed E-state index contributed by atoms with van der Waals surface area (Å²) in [6.07, 6.45) is 2.32. The Morgan fingerprint density at radius 2 is 2.10 bits per heavy atom. The number of carboxylic acids is 1. The van der Waals surface area contributed by atoms with E-state index in [2.05, 4.69) is 0 Å². The molecule has 0 aromatic carbocycles. The van der Waals surface area contributed by atoms with E-state index in [4.69, 9.17) is 10.5 Å². The van der Waals surface area contributed by atoms with Crippen LogP contribution in [0.15, 0.2) is 12.2 Å². The van der Waals surface area contributed by atoms with Gasteiger partial charge in [-0.25, -0.2) is 4.79 Å². The molecule has 7 nitrogen and oxygen atoms in total. The lowest BCUT2D eigenvalue weighted by Crippen LogP contribution is -2.40. The Morgan fingerprint density at radius 3 is 2.71 bits per heavy atom. The Labute approximate surface area is 123 Å². The first-order valence-electron chi connectivity index (χ1n) is 6.26. The Bertz CT molecular complexity index is 660. The van der Waals surface area contributed by atoms with Crippen molar-refractivity contribution in [2.24, 2.45) is 0 Å². The smallest absolute Gasteiger partial charge is 0.338 e. The van der Waals surface area contributed by atoms with Crippen molar-refractivity contribution in [2.45, 2.75) is 19.1 Å². The number of carboxylic acid groups (broad SMARTS) is 1. The number of nitrogens with zero attached hydrogens (tertiary/aromatic N) is 1. The van der Waals surface area contributed by atoms with Crippen molar-refractivity contribution in [3.63, 3.8) is 0 Å². The molecule has 0 aliphatic carbocycles. The Balaban J connectivity index is 1.80. The molecule has 3 rings (SSSR count). The van der Waals surface area contributed by atoms with Crippen LogP contribution in [0.1, 0.15) is 20.8 Å². The van der Waals surface area contributed by atoms with E-state index in [-0.39, 0.29) is 35.5 Å². The number of hydrogen-bond donors (Lipinski definition) is 2. The van der Waals surface area contributed by atoms with E-state index in [0.717, 1.165) is 9.78 Å². The summed E-state index contributed by atoms with van der Waals surface area (Å²) in [5, 5.41) is 9.48. The van der Waals surface area contributed by atoms with Crippen molar-refractivity contribution in [2.75, 3.05) is 12.3 Å². The number of imide groups is 1. The largest absolute Gasteiger partial charge is 0.478 e. The highest BCUT2D eigenvalue weighted by Crippen LogP contribution is 2.36. The summed E-state index contributed by atoms with van der Waals surface area (Å²) >= 11 is 1.20. The van der Waals surface area contributed by atoms with Gasteiger partial charge in [-0.3, -0.25) is 14.5 Å². The molecule has 110 valence electrons. The van der Waals surface area contributed by atoms with Crippen LogP contribution in [0.25, 0.3) is 0 Å². The fourth-order valence-corrected chi connectivity index (χ4v) is 3.53. The van der Waals surface area contributed by atoms with Gasteiger partial charge >= 0.3 is 5.97 Å². The number of anilines is 1. The number of carbonyl (C=O) groups is 3. The Kier molecular flexibility index (Phi) is 3.26. The number of aromatic carboxylic acids is 1. The van der Waals surface area contributed by atoms with E-state index < -0.39 is 12.1 Å². The molecule has 8 heteroatoms. The lowest BCUT2D eigenvalue weighted by atomic mass is 10.0. The van der Waals surface area contributed by atoms with Crippen LogP contribution < -0.4 is 5.73 Å². The number of rotatable bonds is 3. The summed E-state index contributed by atoms with van der Waals surface area (Å²) in [4.78, 5) is 36.2. The number of thiophene rings is 1. The third kappa shape index (κ3) is 2.32. The third-order valence-electron chi connectivity index (χ3n) is 3.50. The van der Waals surface area contributed by atoms with Gasteiger partial charge in [0.15, 0.2) is 0 Å². The molecule has 2 aliphatic heterocycles. The molecule has 2 amide bonds. The number of hydrogen-bond acceptors (Lipinski definition) is 6. The summed E-state index contributed by atoms with van der Waals surface area (Å²) in [6, 6.07) is 0. The fraction of sp³-hybridized carbons (Fsp3) is 0.308. The molecule has 3 N–H and O–H groups in total. The van der Waals surface area contributed by atoms with Gasteiger partial charge < -0.3 is 15.6 Å². The maximum atomic E-state index is 11.5. The van der Waals surface area contributed by atoms with E-state index in [1.165, 1.54) is 23.5 Å². The Hall–Kier alpha value is -2.19. The zero-order chi connectivity index (χ0) is 15.1. The van der Waals surface area contributed by atoms with Crippen LogP contribution in [0.2, 0.25) is 0 Å². The second kappa shape index (κ2) is 4.97. The molecule has 0 saturated heterocycles. The highest BCUT2D eigenvalue weighted by Gasteiger charge is 2.32. The first kappa shape index (κ1) is 13.8. The fourth-order valence-electron chi connectivity index (χ4n) is 2.51. The van der Waals surface area contributed by atoms with E-state index >= 15 is 0 Å². The maximum absolute atomic E-state index is 11.5. The normalized spacial score (nSPS) is 21.0. The first-order valence-corrected chi connectivity index (χ1v) is 7.07. The molecule has 0 radical (unpaired) electrons. The number of amides is 2. The third-order valence-corrected chi connectivity index (χ3v) is 4.54. The van der Waals surface area contributed by atoms with Crippen molar-refractivity contribution >= 4 is 34.1 Å². The second-order valence-electron chi connectivity index (χ2n) is 4.81. The predicted molar refractivity (Wildman–Crippen MR) is 73.8 cm³/mol. The van der Waals surface area contributed by atoms with Gasteiger partial charge in [0, 0.05) is 23.5 Å². The van der Waals surface area contributed by atoms with Gasteiger partial charge in [0.25, 0.3) is 11.8 Å². The van der Waals surface area contributed by atoms with E-state index in [1.807, 2.05) is 0 Å². The molecule has 21 heavy (non-hydrogen) atoms. The minimum absolute atomic E-state index is 0.110. The molecule has 1 atom stereocenters. The SMILES string of the molecule is Nc1sc2c(c1C(=O)O)CC(CN1C(=O)C=CC1=O)OC2. The highest BCUT2D eigenvalue weighted by atomic mass is 32.1. The standard InChI is InChI=1S/C13H12N2O5S/c14-12-11(13(18)19)7-3-6(20-5-8(7)21-12)4-15-9(16)1-2-10(15)17/h1-2,6H,3-5,14H2,(H,18,19). The summed E-state index contributed by atoms with van der Waals surface area (Å²) < 4.78 is 5.60. The molecule has 3 heterocycles. The molecule has 1 aromatic rings. The average molecular weight is 308 g/mol. The maximum Gasteiger partial charge on any atom is 0.338 e. The summed E-state index contributed by atoms with van der Waals surface area (Å²) in [6.45, 7) is 0.352. The van der Waals surface area contributed by atoms with Crippen LogP contribution in [0, 0.1) is 0 Å². The van der Waals surface area contributed by atoms with Gasteiger partial charge in [0.05, 0.1) is 24.8 Å². The van der Waals surface area contributed by atoms with Crippen molar-refractivity contribution in [3.05, 3.63) is 28.2 Å². The van der Waals surface area contributed by atoms with E-state index in [0.29, 0.717) is 12.0 Å². The minimum atomic E-state index is -1.07. The molecule has 0 fully saturated rings. The molecule has 0 spiro atoms. The summed E-state index contributed by atoms with van der Waals surface area (Å²) in [5.74, 6) is -1.82. The average Bonchev–Trinajstić information content (AvgIpc) is 2.91. The monoisotopic (exact) mass is 308 g/mol. The number of ether oxygens (including phenoxy) is 1. The van der Waals surface area contributed by atoms with E-state index in [9.17, 15) is 19.5 Å². The lowest BCUT2D eigenvalue weighted by Gasteiger charge is -2.26. The van der Waals surface area contributed by atoms with Crippen molar-refractivity contribution in [1.29, 1.82) is 0 Å². The van der Waals surface area contributed by atoms with Crippen LogP contribution >= 0.6 is 11.3 Å². The quantitative estimate of drug-likeness (QED) is 0.782. The molecular weight excluding hydrogens is 296 g/mol. The number of carbonyl (C=O) groups excluding carboxylic acids is 2. The molecule has 1 aromatic heterocycles. The van der Waals surface area contributed by atoms with Crippen molar-refractivity contribution in [1.82, 2.24) is 4.90 Å². The highest BCUT2D eigenvalue weighted by molar-refractivity contribution is 7.16. The molecule has 1 unspecified atom stereocenters. The number of nitrogen functional groups attached to an aromatic ring is 1. The van der Waals surface area contributed by atoms with Crippen LogP contribution in [0.4, 0.5) is 5.00 Å². The zero-order valence-corrected chi connectivity index (χ0v) is 11.7. The zero-order valence-electron chi connectivity index (χ0n) is 10.9. The van der Waals surface area contributed by atoms with Crippen LogP contribution in [0.3, 0.4) is 0 Å². The number of nitrogens with two attached hydrogens (primary N) is 1. The molecular formula is C13H12N2O5S. The minimum Gasteiger partial charge on any atom is -0.478 e. The Morgan fingerprint density at radius 1 is 1.43 bits per heavy atom. The summed E-state index contributed by atoms with van der Waals surface area (Å²) in [5.41, 5.74) is 6.49. The predicted octanol–water partition coefficient (Wildman–Crippen LogP) is 0.395. The van der Waals surface area contributed by atoms with Gasteiger partial charge in [-0.2, -0.15) is 0 Å². The molecule has 2 aliphatic rings. The first-order chi connectivity index (χ1) is 9.97. The summed E-state index contributed by atoms with van der Waals surface area (Å²) in [7, 11) is 0. The van der Waals surface area contributed by atoms with Crippen LogP contribution in [-0.4, -0.2) is 40.4 Å². The lowest BCUT2D eigenvalue weighted by molar-refractivity contribution is -0.139. The van der Waals surface area contributed by atoms with E-state index in [1.54, 1.807) is 0 Å². The van der Waals surface area contributed by atoms with Crippen molar-refractivity contribution in [3.8, 4) is 0 Å². The topological polar surface area (TPSA) is 110 Å². The van der Waals surface area contributed by atoms with Gasteiger partial charge in [-0.1, -0.05) is 0 Å². The number of fused-ring (bicyclic) bond motifs is 1. The van der Waals surface area contributed by atoms with Gasteiger partial charge in [-0.05, 0) is 5.56 Å². The van der Waals surface area contributed by atoms with Gasteiger partial charge in [0.1, 0.15) is 5.00 Å². The van der Waals surface area contributed by atoms with Crippen LogP contribution in [0.5, 0.6) is 0 Å². The second-order valence-corrected chi connectivity index (χ2v) is 5.94.